The molecular formula is C16H30N2O. The Kier molecular flexibility index (Phi) is 3.89. The summed E-state index contributed by atoms with van der Waals surface area (Å²) < 4.78 is 5.95. The molecule has 1 heterocycles. The van der Waals surface area contributed by atoms with Crippen LogP contribution in [0.4, 0.5) is 0 Å². The molecule has 1 N–H and O–H groups in total. The minimum absolute atomic E-state index is 0.479. The van der Waals surface area contributed by atoms with Crippen molar-refractivity contribution in [3.63, 3.8) is 0 Å². The Morgan fingerprint density at radius 2 is 1.84 bits per heavy atom. The average molecular weight is 266 g/mol. The van der Waals surface area contributed by atoms with Crippen molar-refractivity contribution >= 4 is 0 Å². The summed E-state index contributed by atoms with van der Waals surface area (Å²) in [5.41, 5.74) is 4.37. The summed E-state index contributed by atoms with van der Waals surface area (Å²) in [5, 5.41) is 2.55. The molecule has 3 aliphatic rings. The molecule has 3 fully saturated rings. The van der Waals surface area contributed by atoms with Gasteiger partial charge in [-0.2, -0.15) is 0 Å². The second-order valence-electron chi connectivity index (χ2n) is 6.98. The van der Waals surface area contributed by atoms with Crippen molar-refractivity contribution in [1.29, 1.82) is 0 Å². The van der Waals surface area contributed by atoms with E-state index in [0.717, 1.165) is 6.61 Å². The van der Waals surface area contributed by atoms with Crippen LogP contribution < -0.4 is 5.43 Å². The zero-order chi connectivity index (χ0) is 13.5. The van der Waals surface area contributed by atoms with Gasteiger partial charge in [-0.05, 0) is 52.9 Å². The van der Waals surface area contributed by atoms with Gasteiger partial charge >= 0.3 is 0 Å². The number of nitrogens with zero attached hydrogens (tertiary/aromatic N) is 1. The number of rotatable bonds is 4. The predicted molar refractivity (Wildman–Crippen MR) is 77.9 cm³/mol. The summed E-state index contributed by atoms with van der Waals surface area (Å²) in [4.78, 5) is 0. The van der Waals surface area contributed by atoms with Crippen LogP contribution in [-0.2, 0) is 4.74 Å². The minimum Gasteiger partial charge on any atom is -0.378 e. The smallest absolute Gasteiger partial charge is 0.0662 e. The van der Waals surface area contributed by atoms with E-state index in [1.54, 1.807) is 0 Å². The number of ether oxygens (including phenoxy) is 1. The average Bonchev–Trinajstić information content (AvgIpc) is 2.29. The first-order chi connectivity index (χ1) is 9.17. The molecule has 0 aromatic heterocycles. The number of hydrogen-bond acceptors (Lipinski definition) is 3. The quantitative estimate of drug-likeness (QED) is 0.846. The van der Waals surface area contributed by atoms with Crippen LogP contribution in [0.25, 0.3) is 0 Å². The number of nitrogens with one attached hydrogen (secondary N) is 1. The van der Waals surface area contributed by atoms with E-state index in [0.29, 0.717) is 29.6 Å². The predicted octanol–water partition coefficient (Wildman–Crippen LogP) is 3.10. The van der Waals surface area contributed by atoms with Crippen molar-refractivity contribution in [2.75, 3.05) is 6.61 Å². The Morgan fingerprint density at radius 1 is 1.16 bits per heavy atom. The summed E-state index contributed by atoms with van der Waals surface area (Å²) in [6.45, 7) is 7.74. The number of hydrazine groups is 1. The molecule has 3 nitrogen and oxygen atoms in total. The highest BCUT2D eigenvalue weighted by molar-refractivity contribution is 5.12. The molecule has 3 rings (SSSR count). The van der Waals surface area contributed by atoms with Crippen molar-refractivity contribution in [3.05, 3.63) is 0 Å². The van der Waals surface area contributed by atoms with Crippen LogP contribution in [0.2, 0.25) is 0 Å². The Labute approximate surface area is 118 Å². The fourth-order valence-corrected chi connectivity index (χ4v) is 4.47. The van der Waals surface area contributed by atoms with Gasteiger partial charge in [0.15, 0.2) is 0 Å². The van der Waals surface area contributed by atoms with Gasteiger partial charge < -0.3 is 4.74 Å². The van der Waals surface area contributed by atoms with Gasteiger partial charge in [-0.1, -0.05) is 12.8 Å². The normalized spacial score (nSPS) is 41.8. The molecule has 3 heteroatoms. The Morgan fingerprint density at radius 3 is 2.37 bits per heavy atom. The first kappa shape index (κ1) is 13.8. The molecule has 1 spiro atoms. The van der Waals surface area contributed by atoms with E-state index >= 15 is 0 Å². The summed E-state index contributed by atoms with van der Waals surface area (Å²) in [6.07, 6.45) is 9.93. The van der Waals surface area contributed by atoms with E-state index < -0.39 is 0 Å². The van der Waals surface area contributed by atoms with Gasteiger partial charge in [0.1, 0.15) is 0 Å². The highest BCUT2D eigenvalue weighted by atomic mass is 16.5. The lowest BCUT2D eigenvalue weighted by Crippen LogP contribution is -2.71. The summed E-state index contributed by atoms with van der Waals surface area (Å²) in [7, 11) is 0. The highest BCUT2D eigenvalue weighted by Gasteiger charge is 2.59. The Balaban J connectivity index is 1.61. The van der Waals surface area contributed by atoms with Gasteiger partial charge in [0, 0.05) is 30.1 Å². The fraction of sp³-hybridized carbons (Fsp3) is 1.00. The molecule has 0 amide bonds. The van der Waals surface area contributed by atoms with E-state index in [2.05, 4.69) is 31.2 Å². The maximum atomic E-state index is 5.95. The zero-order valence-corrected chi connectivity index (χ0v) is 12.8. The summed E-state index contributed by atoms with van der Waals surface area (Å²) in [5.74, 6) is 0. The molecule has 4 unspecified atom stereocenters. The van der Waals surface area contributed by atoms with Gasteiger partial charge in [0.25, 0.3) is 0 Å². The van der Waals surface area contributed by atoms with Gasteiger partial charge in [0.2, 0.25) is 0 Å². The molecule has 2 saturated carbocycles. The molecule has 2 aliphatic carbocycles. The third kappa shape index (κ3) is 2.24. The molecule has 0 aromatic rings. The van der Waals surface area contributed by atoms with E-state index in [1.165, 1.54) is 44.9 Å². The molecule has 110 valence electrons. The van der Waals surface area contributed by atoms with Crippen molar-refractivity contribution < 1.29 is 4.74 Å². The molecule has 0 bridgehead atoms. The molecule has 4 atom stereocenters. The molecular weight excluding hydrogens is 236 g/mol. The summed E-state index contributed by atoms with van der Waals surface area (Å²) >= 11 is 0. The van der Waals surface area contributed by atoms with E-state index in [-0.39, 0.29) is 0 Å². The fourth-order valence-electron chi connectivity index (χ4n) is 4.47. The number of piperidine rings is 1. The first-order valence-corrected chi connectivity index (χ1v) is 8.33. The van der Waals surface area contributed by atoms with Gasteiger partial charge in [-0.3, -0.25) is 5.43 Å². The standard InChI is InChI=1S/C16H30N2O/c1-4-19-15-11-14(16(15)9-6-10-16)17-18-12(2)7-5-8-13(18)3/h12-15,17H,4-11H2,1-3H3. The largest absolute Gasteiger partial charge is 0.378 e. The van der Waals surface area contributed by atoms with Gasteiger partial charge in [0.05, 0.1) is 6.10 Å². The van der Waals surface area contributed by atoms with E-state index in [1.807, 2.05) is 0 Å². The topological polar surface area (TPSA) is 24.5 Å². The van der Waals surface area contributed by atoms with Crippen molar-refractivity contribution in [3.8, 4) is 0 Å². The van der Waals surface area contributed by atoms with E-state index in [9.17, 15) is 0 Å². The SMILES string of the molecule is CCOC1CC(NN2C(C)CCCC2C)C12CCC2. The third-order valence-corrected chi connectivity index (χ3v) is 5.94. The Bertz CT molecular complexity index is 306. The third-order valence-electron chi connectivity index (χ3n) is 5.94. The minimum atomic E-state index is 0.479. The lowest BCUT2D eigenvalue weighted by molar-refractivity contribution is -0.192. The van der Waals surface area contributed by atoms with Gasteiger partial charge in [-0.25, -0.2) is 5.01 Å². The van der Waals surface area contributed by atoms with Crippen molar-refractivity contribution in [2.24, 2.45) is 5.41 Å². The van der Waals surface area contributed by atoms with Crippen LogP contribution in [0.3, 0.4) is 0 Å². The van der Waals surface area contributed by atoms with Crippen molar-refractivity contribution in [2.45, 2.75) is 89.9 Å². The lowest BCUT2D eigenvalue weighted by Gasteiger charge is -2.62. The van der Waals surface area contributed by atoms with Crippen LogP contribution >= 0.6 is 0 Å². The second kappa shape index (κ2) is 5.34. The number of hydrogen-bond donors (Lipinski definition) is 1. The maximum absolute atomic E-state index is 5.95. The zero-order valence-electron chi connectivity index (χ0n) is 12.8. The van der Waals surface area contributed by atoms with Crippen LogP contribution in [0.1, 0.15) is 65.7 Å². The maximum Gasteiger partial charge on any atom is 0.0662 e. The van der Waals surface area contributed by atoms with Crippen LogP contribution in [0.5, 0.6) is 0 Å². The molecule has 0 aromatic carbocycles. The van der Waals surface area contributed by atoms with Crippen LogP contribution in [0.15, 0.2) is 0 Å². The molecule has 0 radical (unpaired) electrons. The second-order valence-corrected chi connectivity index (χ2v) is 6.98. The molecule has 1 saturated heterocycles. The van der Waals surface area contributed by atoms with Crippen molar-refractivity contribution in [1.82, 2.24) is 10.4 Å². The Hall–Kier alpha value is -0.120. The lowest BCUT2D eigenvalue weighted by atomic mass is 9.51. The van der Waals surface area contributed by atoms with E-state index in [4.69, 9.17) is 4.74 Å². The highest BCUT2D eigenvalue weighted by Crippen LogP contribution is 2.57. The molecule has 19 heavy (non-hydrogen) atoms. The van der Waals surface area contributed by atoms with Crippen LogP contribution in [-0.4, -0.2) is 35.8 Å². The molecule has 1 aliphatic heterocycles. The summed E-state index contributed by atoms with van der Waals surface area (Å²) in [6, 6.07) is 2.04. The first-order valence-electron chi connectivity index (χ1n) is 8.33. The van der Waals surface area contributed by atoms with Crippen LogP contribution in [0, 0.1) is 5.41 Å². The monoisotopic (exact) mass is 266 g/mol. The van der Waals surface area contributed by atoms with Gasteiger partial charge in [-0.15, -0.1) is 0 Å².